The van der Waals surface area contributed by atoms with Crippen molar-refractivity contribution in [3.8, 4) is 11.8 Å². The molecule has 0 saturated carbocycles. The second kappa shape index (κ2) is 7.69. The summed E-state index contributed by atoms with van der Waals surface area (Å²) >= 11 is 0. The van der Waals surface area contributed by atoms with Crippen LogP contribution in [0.4, 0.5) is 5.69 Å². The van der Waals surface area contributed by atoms with Crippen molar-refractivity contribution < 1.29 is 19.8 Å². The van der Waals surface area contributed by atoms with Gasteiger partial charge in [-0.1, -0.05) is 19.9 Å². The average molecular weight is 303 g/mol. The molecule has 0 bridgehead atoms. The van der Waals surface area contributed by atoms with E-state index in [9.17, 15) is 14.7 Å². The molecule has 0 aliphatic rings. The van der Waals surface area contributed by atoms with E-state index in [-0.39, 0.29) is 17.2 Å². The molecule has 1 aromatic rings. The summed E-state index contributed by atoms with van der Waals surface area (Å²) in [4.78, 5) is 23.0. The van der Waals surface area contributed by atoms with Crippen LogP contribution in [0.3, 0.4) is 0 Å². The van der Waals surface area contributed by atoms with Gasteiger partial charge in [0, 0.05) is 18.0 Å². The fourth-order valence-electron chi connectivity index (χ4n) is 1.63. The summed E-state index contributed by atoms with van der Waals surface area (Å²) in [6, 6.07) is 6.75. The molecule has 0 aliphatic heterocycles. The molecule has 0 aromatic heterocycles. The van der Waals surface area contributed by atoms with Crippen LogP contribution in [0, 0.1) is 17.2 Å². The molecular formula is C15H17N3O4. The van der Waals surface area contributed by atoms with Crippen LogP contribution >= 0.6 is 0 Å². The largest absolute Gasteiger partial charge is 0.508 e. The minimum atomic E-state index is -1.17. The Labute approximate surface area is 127 Å². The van der Waals surface area contributed by atoms with Gasteiger partial charge in [-0.25, -0.2) is 4.79 Å². The van der Waals surface area contributed by atoms with Crippen molar-refractivity contribution in [2.24, 2.45) is 5.92 Å². The van der Waals surface area contributed by atoms with Gasteiger partial charge >= 0.3 is 5.97 Å². The summed E-state index contributed by atoms with van der Waals surface area (Å²) in [6.45, 7) is 3.31. The Morgan fingerprint density at radius 2 is 2.05 bits per heavy atom. The zero-order chi connectivity index (χ0) is 16.7. The first-order valence-corrected chi connectivity index (χ1v) is 6.54. The summed E-state index contributed by atoms with van der Waals surface area (Å²) in [5, 5.41) is 32.3. The van der Waals surface area contributed by atoms with E-state index >= 15 is 0 Å². The number of amides is 1. The van der Waals surface area contributed by atoms with Crippen LogP contribution in [-0.2, 0) is 9.59 Å². The Hall–Kier alpha value is -3.01. The number of nitrogens with zero attached hydrogens (tertiary/aromatic N) is 1. The molecule has 1 aromatic carbocycles. The number of hydrogen-bond donors (Lipinski definition) is 4. The van der Waals surface area contributed by atoms with Gasteiger partial charge in [0.2, 0.25) is 0 Å². The minimum Gasteiger partial charge on any atom is -0.508 e. The van der Waals surface area contributed by atoms with Gasteiger partial charge in [-0.3, -0.25) is 4.79 Å². The third kappa shape index (κ3) is 4.83. The number of phenols is 1. The standard InChI is InChI=1S/C15H17N3O4/c1-9(2)13(15(21)22)18-14(20)10(7-16)8-17-11-4-3-5-12(19)6-11/h3-6,8-9,13,17,19H,1-2H3,(H,18,20)(H,21,22)/b10-8-. The van der Waals surface area contributed by atoms with Crippen LogP contribution in [0.25, 0.3) is 0 Å². The predicted octanol–water partition coefficient (Wildman–Crippen LogP) is 1.44. The molecule has 116 valence electrons. The summed E-state index contributed by atoms with van der Waals surface area (Å²) < 4.78 is 0. The van der Waals surface area contributed by atoms with Gasteiger partial charge in [0.25, 0.3) is 5.91 Å². The fraction of sp³-hybridized carbons (Fsp3) is 0.267. The number of nitriles is 1. The predicted molar refractivity (Wildman–Crippen MR) is 79.8 cm³/mol. The second-order valence-electron chi connectivity index (χ2n) is 4.90. The number of carboxylic acid groups (broad SMARTS) is 1. The van der Waals surface area contributed by atoms with Crippen LogP contribution in [-0.4, -0.2) is 28.1 Å². The van der Waals surface area contributed by atoms with Crippen molar-refractivity contribution in [3.05, 3.63) is 36.0 Å². The maximum atomic E-state index is 11.9. The Morgan fingerprint density at radius 3 is 2.55 bits per heavy atom. The minimum absolute atomic E-state index is 0.0344. The van der Waals surface area contributed by atoms with Gasteiger partial charge < -0.3 is 20.8 Å². The lowest BCUT2D eigenvalue weighted by atomic mass is 10.0. The van der Waals surface area contributed by atoms with Gasteiger partial charge in [-0.15, -0.1) is 0 Å². The summed E-state index contributed by atoms with van der Waals surface area (Å²) in [5.74, 6) is -2.23. The Bertz CT molecular complexity index is 632. The maximum Gasteiger partial charge on any atom is 0.326 e. The smallest absolute Gasteiger partial charge is 0.326 e. The fourth-order valence-corrected chi connectivity index (χ4v) is 1.63. The van der Waals surface area contributed by atoms with E-state index in [2.05, 4.69) is 10.6 Å². The SMILES string of the molecule is CC(C)C(NC(=O)/C(C#N)=C\Nc1cccc(O)c1)C(=O)O. The van der Waals surface area contributed by atoms with Gasteiger partial charge in [0.1, 0.15) is 23.4 Å². The number of carbonyl (C=O) groups excluding carboxylic acids is 1. The quantitative estimate of drug-likeness (QED) is 0.466. The molecular weight excluding hydrogens is 286 g/mol. The first-order valence-electron chi connectivity index (χ1n) is 6.54. The van der Waals surface area contributed by atoms with Crippen molar-refractivity contribution in [2.75, 3.05) is 5.32 Å². The highest BCUT2D eigenvalue weighted by Gasteiger charge is 2.24. The number of carboxylic acids is 1. The molecule has 0 radical (unpaired) electrons. The molecule has 1 unspecified atom stereocenters. The highest BCUT2D eigenvalue weighted by molar-refractivity contribution is 5.99. The van der Waals surface area contributed by atoms with Crippen molar-refractivity contribution in [1.29, 1.82) is 5.26 Å². The number of benzene rings is 1. The second-order valence-corrected chi connectivity index (χ2v) is 4.90. The van der Waals surface area contributed by atoms with Gasteiger partial charge in [-0.05, 0) is 18.1 Å². The molecule has 0 heterocycles. The lowest BCUT2D eigenvalue weighted by Crippen LogP contribution is -2.44. The van der Waals surface area contributed by atoms with Crippen LogP contribution in [0.2, 0.25) is 0 Å². The van der Waals surface area contributed by atoms with Gasteiger partial charge in [0.15, 0.2) is 0 Å². The van der Waals surface area contributed by atoms with E-state index in [4.69, 9.17) is 10.4 Å². The van der Waals surface area contributed by atoms with E-state index in [0.717, 1.165) is 6.20 Å². The molecule has 0 saturated heterocycles. The van der Waals surface area contributed by atoms with E-state index in [1.54, 1.807) is 32.0 Å². The molecule has 4 N–H and O–H groups in total. The highest BCUT2D eigenvalue weighted by atomic mass is 16.4. The number of anilines is 1. The number of aromatic hydroxyl groups is 1. The van der Waals surface area contributed by atoms with Crippen molar-refractivity contribution in [3.63, 3.8) is 0 Å². The molecule has 0 fully saturated rings. The highest BCUT2D eigenvalue weighted by Crippen LogP contribution is 2.15. The van der Waals surface area contributed by atoms with Crippen LogP contribution in [0.5, 0.6) is 5.75 Å². The number of rotatable bonds is 6. The van der Waals surface area contributed by atoms with Crippen molar-refractivity contribution in [2.45, 2.75) is 19.9 Å². The molecule has 0 aliphatic carbocycles. The zero-order valence-electron chi connectivity index (χ0n) is 12.2. The van der Waals surface area contributed by atoms with E-state index in [0.29, 0.717) is 5.69 Å². The molecule has 7 heteroatoms. The van der Waals surface area contributed by atoms with Gasteiger partial charge in [-0.2, -0.15) is 5.26 Å². The Morgan fingerprint density at radius 1 is 1.36 bits per heavy atom. The molecule has 0 spiro atoms. The molecule has 1 atom stereocenters. The molecule has 7 nitrogen and oxygen atoms in total. The lowest BCUT2D eigenvalue weighted by Gasteiger charge is -2.17. The third-order valence-electron chi connectivity index (χ3n) is 2.81. The normalized spacial score (nSPS) is 12.4. The monoisotopic (exact) mass is 303 g/mol. The van der Waals surface area contributed by atoms with E-state index in [1.165, 1.54) is 12.1 Å². The third-order valence-corrected chi connectivity index (χ3v) is 2.81. The summed E-state index contributed by atoms with van der Waals surface area (Å²) in [6.07, 6.45) is 1.16. The molecule has 22 heavy (non-hydrogen) atoms. The lowest BCUT2D eigenvalue weighted by molar-refractivity contribution is -0.142. The molecule has 1 rings (SSSR count). The Balaban J connectivity index is 2.82. The molecule has 1 amide bonds. The number of nitrogens with one attached hydrogen (secondary N) is 2. The first kappa shape index (κ1) is 17.0. The zero-order valence-corrected chi connectivity index (χ0v) is 12.2. The summed E-state index contributed by atoms with van der Waals surface area (Å²) in [5.41, 5.74) is 0.217. The van der Waals surface area contributed by atoms with Crippen molar-refractivity contribution in [1.82, 2.24) is 5.32 Å². The average Bonchev–Trinajstić information content (AvgIpc) is 2.44. The number of phenolic OH excluding ortho intramolecular Hbond substituents is 1. The summed E-state index contributed by atoms with van der Waals surface area (Å²) in [7, 11) is 0. The number of aliphatic carboxylic acids is 1. The Kier molecular flexibility index (Phi) is 5.96. The van der Waals surface area contributed by atoms with Gasteiger partial charge in [0.05, 0.1) is 0 Å². The van der Waals surface area contributed by atoms with Crippen LogP contribution < -0.4 is 10.6 Å². The van der Waals surface area contributed by atoms with E-state index in [1.807, 2.05) is 0 Å². The number of carbonyl (C=O) groups is 2. The van der Waals surface area contributed by atoms with E-state index < -0.39 is 17.9 Å². The maximum absolute atomic E-state index is 11.9. The van der Waals surface area contributed by atoms with Crippen LogP contribution in [0.1, 0.15) is 13.8 Å². The van der Waals surface area contributed by atoms with Crippen molar-refractivity contribution >= 4 is 17.6 Å². The van der Waals surface area contributed by atoms with Crippen LogP contribution in [0.15, 0.2) is 36.0 Å². The topological polar surface area (TPSA) is 122 Å². The first-order chi connectivity index (χ1) is 10.3. The number of hydrogen-bond acceptors (Lipinski definition) is 5.